The number of carboxylic acid groups (broad SMARTS) is 2. The van der Waals surface area contributed by atoms with Crippen molar-refractivity contribution in [1.29, 1.82) is 0 Å². The number of fused-ring (bicyclic) bond motifs is 2. The molecular weight excluding hydrogens is 893 g/mol. The number of aromatic amines is 1. The zero-order valence-electron chi connectivity index (χ0n) is 35.9. The number of benzene rings is 1. The first kappa shape index (κ1) is 51.7. The topological polar surface area (TPSA) is 361 Å². The van der Waals surface area contributed by atoms with Crippen molar-refractivity contribution in [1.82, 2.24) is 47.1 Å². The highest BCUT2D eigenvalue weighted by Crippen LogP contribution is 2.24. The molecule has 13 N–H and O–H groups in total. The van der Waals surface area contributed by atoms with Gasteiger partial charge in [0, 0.05) is 41.6 Å². The second-order valence-corrected chi connectivity index (χ2v) is 18.5. The number of H-pyrrole nitrogens is 1. The second kappa shape index (κ2) is 24.4. The quantitative estimate of drug-likeness (QED) is 0.106. The number of carboxylic acids is 2. The molecule has 0 radical (unpaired) electrons. The van der Waals surface area contributed by atoms with Crippen LogP contribution in [-0.4, -0.2) is 164 Å². The highest BCUT2D eigenvalue weighted by Gasteiger charge is 2.40. The molecule has 23 nitrogen and oxygen atoms in total. The summed E-state index contributed by atoms with van der Waals surface area (Å²) in [6.07, 6.45) is 1.12. The zero-order valence-corrected chi connectivity index (χ0v) is 37.6. The smallest absolute Gasteiger partial charge is 0.322 e. The lowest BCUT2D eigenvalue weighted by Gasteiger charge is -2.30. The van der Waals surface area contributed by atoms with Gasteiger partial charge in [-0.3, -0.25) is 47.9 Å². The van der Waals surface area contributed by atoms with Crippen molar-refractivity contribution in [2.24, 2.45) is 11.7 Å². The van der Waals surface area contributed by atoms with Crippen molar-refractivity contribution in [2.75, 3.05) is 31.2 Å². The van der Waals surface area contributed by atoms with Crippen LogP contribution in [0.15, 0.2) is 30.5 Å². The summed E-state index contributed by atoms with van der Waals surface area (Å²) in [4.78, 5) is 136. The van der Waals surface area contributed by atoms with E-state index in [-0.39, 0.29) is 43.2 Å². The molecule has 1 aromatic heterocycles. The molecule has 25 heteroatoms. The SMILES string of the molecule is CC(C)C[C@@H]1NC(=O)[C@H](CC(=O)O)NC(=O)[C@@H](N)CSSC[C@@H](C(=O)NCC(=O)O)NC(=O)[C@H](Cc2c[nH]c3ccccc23)NC(=O)[C@@H]2CCCN2C(=O)[C@H](CO)NC(=O)[C@H](C)NC1=O. The number of hydrogen-bond donors (Lipinski definition) is 12. The molecule has 0 aliphatic carbocycles. The number of rotatable bonds is 10. The summed E-state index contributed by atoms with van der Waals surface area (Å²) < 4.78 is 0. The van der Waals surface area contributed by atoms with Crippen molar-refractivity contribution in [2.45, 2.75) is 101 Å². The number of amides is 8. The normalized spacial score (nSPS) is 26.2. The van der Waals surface area contributed by atoms with Crippen molar-refractivity contribution in [3.63, 3.8) is 0 Å². The monoisotopic (exact) mass is 948 g/mol. The first-order valence-corrected chi connectivity index (χ1v) is 23.3. The maximum Gasteiger partial charge on any atom is 0.322 e. The number of aliphatic hydroxyl groups is 1. The molecule has 0 bridgehead atoms. The number of nitrogens with two attached hydrogens (primary N) is 1. The Morgan fingerprint density at radius 3 is 2.11 bits per heavy atom. The third kappa shape index (κ3) is 15.1. The molecule has 2 saturated heterocycles. The van der Waals surface area contributed by atoms with E-state index in [4.69, 9.17) is 5.73 Å². The second-order valence-electron chi connectivity index (χ2n) is 16.0. The van der Waals surface area contributed by atoms with Gasteiger partial charge in [-0.25, -0.2) is 0 Å². The molecule has 8 atom stereocenters. The molecule has 356 valence electrons. The zero-order chi connectivity index (χ0) is 48.0. The summed E-state index contributed by atoms with van der Waals surface area (Å²) in [5.74, 6) is -10.5. The number of aromatic nitrogens is 1. The predicted molar refractivity (Wildman–Crippen MR) is 236 cm³/mol. The van der Waals surface area contributed by atoms with E-state index in [0.717, 1.165) is 37.4 Å². The number of hydrogen-bond acceptors (Lipinski definition) is 14. The van der Waals surface area contributed by atoms with Crippen molar-refractivity contribution < 1.29 is 63.3 Å². The Bertz CT molecular complexity index is 2100. The molecule has 1 aromatic carbocycles. The average Bonchev–Trinajstić information content (AvgIpc) is 3.91. The Kier molecular flexibility index (Phi) is 19.4. The third-order valence-electron chi connectivity index (χ3n) is 10.4. The lowest BCUT2D eigenvalue weighted by molar-refractivity contribution is -0.143. The predicted octanol–water partition coefficient (Wildman–Crippen LogP) is -2.93. The molecule has 2 aliphatic heterocycles. The Hall–Kier alpha value is -5.92. The maximum absolute atomic E-state index is 14.2. The Balaban J connectivity index is 1.70. The van der Waals surface area contributed by atoms with Gasteiger partial charge in [-0.1, -0.05) is 53.6 Å². The number of nitrogens with zero attached hydrogens (tertiary/aromatic N) is 1. The first-order valence-electron chi connectivity index (χ1n) is 20.8. The molecule has 0 saturated carbocycles. The van der Waals surface area contributed by atoms with Crippen LogP contribution in [0.5, 0.6) is 0 Å². The van der Waals surface area contributed by atoms with Gasteiger partial charge in [0.25, 0.3) is 0 Å². The van der Waals surface area contributed by atoms with Gasteiger partial charge in [0.15, 0.2) is 0 Å². The van der Waals surface area contributed by atoms with Gasteiger partial charge >= 0.3 is 11.9 Å². The molecule has 3 heterocycles. The van der Waals surface area contributed by atoms with Crippen LogP contribution >= 0.6 is 21.6 Å². The largest absolute Gasteiger partial charge is 0.481 e. The van der Waals surface area contributed by atoms with E-state index in [1.54, 1.807) is 44.3 Å². The minimum Gasteiger partial charge on any atom is -0.481 e. The van der Waals surface area contributed by atoms with Crippen LogP contribution < -0.4 is 43.0 Å². The van der Waals surface area contributed by atoms with E-state index in [2.05, 4.69) is 42.2 Å². The molecule has 4 rings (SSSR count). The third-order valence-corrected chi connectivity index (χ3v) is 12.9. The van der Waals surface area contributed by atoms with Gasteiger partial charge in [0.1, 0.15) is 48.8 Å². The van der Waals surface area contributed by atoms with Crippen LogP contribution in [0.3, 0.4) is 0 Å². The minimum absolute atomic E-state index is 0.0155. The number of para-hydroxylation sites is 1. The van der Waals surface area contributed by atoms with Crippen LogP contribution in [0, 0.1) is 5.92 Å². The maximum atomic E-state index is 14.2. The Morgan fingerprint density at radius 1 is 0.800 bits per heavy atom. The summed E-state index contributed by atoms with van der Waals surface area (Å²) in [5, 5.41) is 46.9. The average molecular weight is 949 g/mol. The van der Waals surface area contributed by atoms with Gasteiger partial charge in [0.05, 0.1) is 19.1 Å². The summed E-state index contributed by atoms with van der Waals surface area (Å²) in [5.41, 5.74) is 7.44. The van der Waals surface area contributed by atoms with Crippen molar-refractivity contribution >= 4 is 91.7 Å². The van der Waals surface area contributed by atoms with Crippen LogP contribution in [0.1, 0.15) is 52.0 Å². The fraction of sp³-hybridized carbons (Fsp3) is 0.550. The van der Waals surface area contributed by atoms with Gasteiger partial charge in [-0.05, 0) is 43.7 Å². The molecule has 65 heavy (non-hydrogen) atoms. The number of carbonyl (C=O) groups is 10. The van der Waals surface area contributed by atoms with Crippen LogP contribution in [0.2, 0.25) is 0 Å². The number of carbonyl (C=O) groups excluding carboxylic acids is 8. The number of nitrogens with one attached hydrogen (secondary N) is 8. The standard InChI is InChI=1S/C40H56N10O13S2/c1-19(2)11-25-36(59)44-20(3)33(56)48-28(16-51)40(63)50-10-6-9-30(50)39(62)47-26(12-21-14-42-24-8-5-4-7-22(21)24)37(60)49-29(35(58)43-15-32(54)55)18-65-64-17-23(41)34(57)45-27(13-31(52)53)38(61)46-25/h4-5,7-8,14,19-20,23,25-30,42,51H,6,9-13,15-18,41H2,1-3H3,(H,43,58)(H,44,59)(H,45,57)(H,46,61)(H,47,62)(H,48,56)(H,49,60)(H,52,53)(H,54,55)/t20-,23-,25-,26-,27-,28-,29-,30-/m0/s1. The molecule has 0 unspecified atom stereocenters. The van der Waals surface area contributed by atoms with Crippen LogP contribution in [0.25, 0.3) is 10.9 Å². The van der Waals surface area contributed by atoms with E-state index in [9.17, 15) is 63.3 Å². The summed E-state index contributed by atoms with van der Waals surface area (Å²) in [7, 11) is 1.93. The Morgan fingerprint density at radius 2 is 1.43 bits per heavy atom. The van der Waals surface area contributed by atoms with Crippen LogP contribution in [-0.2, 0) is 54.4 Å². The van der Waals surface area contributed by atoms with E-state index < -0.39 is 127 Å². The minimum atomic E-state index is -1.70. The lowest BCUT2D eigenvalue weighted by Crippen LogP contribution is -2.60. The van der Waals surface area contributed by atoms with Gasteiger partial charge in [-0.2, -0.15) is 0 Å². The molecule has 2 aromatic rings. The fourth-order valence-corrected chi connectivity index (χ4v) is 9.34. The first-order chi connectivity index (χ1) is 30.8. The van der Waals surface area contributed by atoms with Gasteiger partial charge in [-0.15, -0.1) is 0 Å². The molecular formula is C40H56N10O13S2. The summed E-state index contributed by atoms with van der Waals surface area (Å²) in [6, 6.07) is -4.11. The van der Waals surface area contributed by atoms with E-state index >= 15 is 0 Å². The highest BCUT2D eigenvalue weighted by atomic mass is 33.1. The molecule has 2 aliphatic rings. The molecule has 2 fully saturated rings. The van der Waals surface area contributed by atoms with E-state index in [1.807, 2.05) is 0 Å². The number of aliphatic hydroxyl groups excluding tert-OH is 1. The molecule has 0 spiro atoms. The van der Waals surface area contributed by atoms with E-state index in [1.165, 1.54) is 6.92 Å². The van der Waals surface area contributed by atoms with Gasteiger partial charge < -0.3 is 68.2 Å². The fourth-order valence-electron chi connectivity index (χ4n) is 7.05. The van der Waals surface area contributed by atoms with Crippen molar-refractivity contribution in [3.8, 4) is 0 Å². The number of aliphatic carboxylic acids is 2. The molecule has 8 amide bonds. The summed E-state index contributed by atoms with van der Waals surface area (Å²) >= 11 is 0. The lowest BCUT2D eigenvalue weighted by atomic mass is 10.0. The van der Waals surface area contributed by atoms with Crippen LogP contribution in [0.4, 0.5) is 0 Å². The Labute approximate surface area is 381 Å². The van der Waals surface area contributed by atoms with Gasteiger partial charge in [0.2, 0.25) is 47.3 Å². The summed E-state index contributed by atoms with van der Waals surface area (Å²) in [6.45, 7) is 3.10. The van der Waals surface area contributed by atoms with Crippen molar-refractivity contribution in [3.05, 3.63) is 36.0 Å². The van der Waals surface area contributed by atoms with E-state index in [0.29, 0.717) is 12.0 Å². The highest BCUT2D eigenvalue weighted by molar-refractivity contribution is 8.76.